The molecule has 1 aromatic heterocycles. The number of hydrogen-bond donors (Lipinski definition) is 3. The zero-order valence-electron chi connectivity index (χ0n) is 8.81. The number of amides is 1. The lowest BCUT2D eigenvalue weighted by Gasteiger charge is -2.08. The fourth-order valence-electron chi connectivity index (χ4n) is 1.48. The molecule has 0 unspecified atom stereocenters. The third-order valence-corrected chi connectivity index (χ3v) is 2.29. The van der Waals surface area contributed by atoms with Crippen LogP contribution in [0.2, 0.25) is 0 Å². The van der Waals surface area contributed by atoms with Gasteiger partial charge in [0.05, 0.1) is 11.1 Å². The highest BCUT2D eigenvalue weighted by Gasteiger charge is 2.09. The molecule has 0 saturated heterocycles. The van der Waals surface area contributed by atoms with E-state index in [9.17, 15) is 4.79 Å². The maximum absolute atomic E-state index is 11.8. The summed E-state index contributed by atoms with van der Waals surface area (Å²) in [5, 5.41) is 0.786. The number of rotatable bonds is 1. The molecule has 2 rings (SSSR count). The molecule has 5 nitrogen and oxygen atoms in total. The molecular weight excluding hydrogens is 236 g/mol. The number of benzene rings is 1. The fraction of sp³-hybridized carbons (Fsp3) is 0. The number of fused-ring (bicyclic) bond motifs is 1. The van der Waals surface area contributed by atoms with Gasteiger partial charge in [0.2, 0.25) is 0 Å². The van der Waals surface area contributed by atoms with Gasteiger partial charge < -0.3 is 5.73 Å². The van der Waals surface area contributed by atoms with Crippen LogP contribution in [0.3, 0.4) is 0 Å². The van der Waals surface area contributed by atoms with E-state index in [1.807, 2.05) is 24.3 Å². The first kappa shape index (κ1) is 11.3. The number of hydrazine groups is 1. The van der Waals surface area contributed by atoms with Gasteiger partial charge in [-0.2, -0.15) is 0 Å². The number of nitrogens with two attached hydrogens (primary N) is 1. The van der Waals surface area contributed by atoms with Crippen molar-refractivity contribution in [3.05, 3.63) is 42.1 Å². The van der Waals surface area contributed by atoms with Gasteiger partial charge in [0.1, 0.15) is 0 Å². The SMILES string of the molecule is NC(=S)NNC(=O)c1ccnc2ccccc12. The minimum Gasteiger partial charge on any atom is -0.375 e. The highest BCUT2D eigenvalue weighted by molar-refractivity contribution is 7.80. The highest BCUT2D eigenvalue weighted by Crippen LogP contribution is 2.15. The van der Waals surface area contributed by atoms with Crippen molar-refractivity contribution in [2.75, 3.05) is 0 Å². The largest absolute Gasteiger partial charge is 0.375 e. The molecule has 1 amide bonds. The second-order valence-corrected chi connectivity index (χ2v) is 3.76. The van der Waals surface area contributed by atoms with Crippen LogP contribution >= 0.6 is 12.2 Å². The summed E-state index contributed by atoms with van der Waals surface area (Å²) in [4.78, 5) is 16.0. The minimum absolute atomic E-state index is 0.0108. The molecule has 0 aliphatic carbocycles. The number of thiocarbonyl (C=S) groups is 1. The second kappa shape index (κ2) is 4.75. The Hall–Kier alpha value is -2.21. The lowest BCUT2D eigenvalue weighted by atomic mass is 10.1. The number of nitrogens with zero attached hydrogens (tertiary/aromatic N) is 1. The van der Waals surface area contributed by atoms with Crippen LogP contribution in [0.4, 0.5) is 0 Å². The maximum atomic E-state index is 11.8. The maximum Gasteiger partial charge on any atom is 0.270 e. The lowest BCUT2D eigenvalue weighted by molar-refractivity contribution is 0.0945. The van der Waals surface area contributed by atoms with Crippen LogP contribution in [0.5, 0.6) is 0 Å². The van der Waals surface area contributed by atoms with Gasteiger partial charge >= 0.3 is 0 Å². The molecule has 17 heavy (non-hydrogen) atoms. The molecule has 0 aliphatic rings. The predicted octanol–water partition coefficient (Wildman–Crippen LogP) is 0.713. The number of carbonyl (C=O) groups is 1. The highest BCUT2D eigenvalue weighted by atomic mass is 32.1. The van der Waals surface area contributed by atoms with Gasteiger partial charge in [-0.1, -0.05) is 18.2 Å². The summed E-state index contributed by atoms with van der Waals surface area (Å²) >= 11 is 4.60. The molecule has 4 N–H and O–H groups in total. The van der Waals surface area contributed by atoms with Crippen molar-refractivity contribution >= 4 is 34.1 Å². The molecule has 1 aromatic carbocycles. The number of pyridine rings is 1. The molecule has 2 aromatic rings. The van der Waals surface area contributed by atoms with Gasteiger partial charge in [0, 0.05) is 11.6 Å². The standard InChI is InChI=1S/C11H10N4OS/c12-11(17)15-14-10(16)8-5-6-13-9-4-2-1-3-7(8)9/h1-6H,(H,14,16)(H3,12,15,17). The summed E-state index contributed by atoms with van der Waals surface area (Å²) < 4.78 is 0. The van der Waals surface area contributed by atoms with Gasteiger partial charge in [-0.25, -0.2) is 0 Å². The monoisotopic (exact) mass is 246 g/mol. The average molecular weight is 246 g/mol. The Morgan fingerprint density at radius 2 is 2.00 bits per heavy atom. The number of carbonyl (C=O) groups excluding carboxylic acids is 1. The van der Waals surface area contributed by atoms with E-state index in [0.717, 1.165) is 10.9 Å². The first-order chi connectivity index (χ1) is 8.18. The first-order valence-electron chi connectivity index (χ1n) is 4.88. The van der Waals surface area contributed by atoms with Crippen molar-refractivity contribution in [2.45, 2.75) is 0 Å². The van der Waals surface area contributed by atoms with Crippen molar-refractivity contribution in [2.24, 2.45) is 5.73 Å². The lowest BCUT2D eigenvalue weighted by Crippen LogP contribution is -2.44. The van der Waals surface area contributed by atoms with Crippen molar-refractivity contribution in [1.29, 1.82) is 0 Å². The van der Waals surface area contributed by atoms with E-state index in [1.54, 1.807) is 12.3 Å². The molecule has 0 radical (unpaired) electrons. The van der Waals surface area contributed by atoms with Crippen molar-refractivity contribution < 1.29 is 4.79 Å². The topological polar surface area (TPSA) is 80.0 Å². The molecule has 86 valence electrons. The summed E-state index contributed by atoms with van der Waals surface area (Å²) in [5.74, 6) is -0.309. The molecule has 0 fully saturated rings. The number of para-hydroxylation sites is 1. The van der Waals surface area contributed by atoms with E-state index in [0.29, 0.717) is 5.56 Å². The fourth-order valence-corrected chi connectivity index (χ4v) is 1.53. The molecule has 0 saturated carbocycles. The number of nitrogens with one attached hydrogen (secondary N) is 2. The van der Waals surface area contributed by atoms with E-state index in [4.69, 9.17) is 5.73 Å². The van der Waals surface area contributed by atoms with Gasteiger partial charge in [-0.15, -0.1) is 0 Å². The zero-order chi connectivity index (χ0) is 12.3. The van der Waals surface area contributed by atoms with Gasteiger partial charge in [-0.05, 0) is 24.4 Å². The summed E-state index contributed by atoms with van der Waals surface area (Å²) in [6.07, 6.45) is 1.58. The minimum atomic E-state index is -0.309. The van der Waals surface area contributed by atoms with Crippen LogP contribution in [-0.2, 0) is 0 Å². The van der Waals surface area contributed by atoms with Crippen LogP contribution in [0.15, 0.2) is 36.5 Å². The van der Waals surface area contributed by atoms with E-state index >= 15 is 0 Å². The van der Waals surface area contributed by atoms with Gasteiger partial charge in [0.25, 0.3) is 5.91 Å². The van der Waals surface area contributed by atoms with Crippen molar-refractivity contribution in [3.8, 4) is 0 Å². The van der Waals surface area contributed by atoms with E-state index in [-0.39, 0.29) is 11.0 Å². The molecular formula is C11H10N4OS. The quantitative estimate of drug-likeness (QED) is 0.510. The summed E-state index contributed by atoms with van der Waals surface area (Å²) in [5.41, 5.74) is 11.3. The molecule has 1 heterocycles. The van der Waals surface area contributed by atoms with E-state index in [2.05, 4.69) is 28.1 Å². The first-order valence-corrected chi connectivity index (χ1v) is 5.29. The van der Waals surface area contributed by atoms with Gasteiger partial charge in [0.15, 0.2) is 5.11 Å². The Bertz CT molecular complexity index is 579. The Labute approximate surface area is 103 Å². The number of hydrogen-bond acceptors (Lipinski definition) is 3. The van der Waals surface area contributed by atoms with Crippen molar-refractivity contribution in [3.63, 3.8) is 0 Å². The summed E-state index contributed by atoms with van der Waals surface area (Å²) in [6, 6.07) is 9.02. The summed E-state index contributed by atoms with van der Waals surface area (Å²) in [6.45, 7) is 0. The Morgan fingerprint density at radius 3 is 2.76 bits per heavy atom. The van der Waals surface area contributed by atoms with E-state index < -0.39 is 0 Å². The number of aromatic nitrogens is 1. The predicted molar refractivity (Wildman–Crippen MR) is 69.1 cm³/mol. The van der Waals surface area contributed by atoms with Crippen LogP contribution in [0, 0.1) is 0 Å². The molecule has 0 spiro atoms. The normalized spacial score (nSPS) is 9.88. The Kier molecular flexibility index (Phi) is 3.15. The van der Waals surface area contributed by atoms with Gasteiger partial charge in [-0.3, -0.25) is 20.6 Å². The zero-order valence-corrected chi connectivity index (χ0v) is 9.62. The van der Waals surface area contributed by atoms with Crippen LogP contribution in [-0.4, -0.2) is 16.0 Å². The average Bonchev–Trinajstić information content (AvgIpc) is 2.35. The molecule has 0 bridgehead atoms. The van der Waals surface area contributed by atoms with Crippen LogP contribution < -0.4 is 16.6 Å². The Morgan fingerprint density at radius 1 is 1.24 bits per heavy atom. The third kappa shape index (κ3) is 2.48. The second-order valence-electron chi connectivity index (χ2n) is 3.32. The third-order valence-electron chi connectivity index (χ3n) is 2.19. The molecule has 6 heteroatoms. The molecule has 0 atom stereocenters. The van der Waals surface area contributed by atoms with Crippen LogP contribution in [0.25, 0.3) is 10.9 Å². The van der Waals surface area contributed by atoms with Crippen molar-refractivity contribution in [1.82, 2.24) is 15.8 Å². The summed E-state index contributed by atoms with van der Waals surface area (Å²) in [7, 11) is 0. The Balaban J connectivity index is 2.35. The smallest absolute Gasteiger partial charge is 0.270 e. The van der Waals surface area contributed by atoms with Crippen LogP contribution in [0.1, 0.15) is 10.4 Å². The van der Waals surface area contributed by atoms with E-state index in [1.165, 1.54) is 0 Å². The molecule has 0 aliphatic heterocycles.